The smallest absolute Gasteiger partial charge is 0.338 e. The van der Waals surface area contributed by atoms with Crippen LogP contribution in [0.5, 0.6) is 5.75 Å². The molecule has 0 fully saturated rings. The predicted octanol–water partition coefficient (Wildman–Crippen LogP) is 4.42. The summed E-state index contributed by atoms with van der Waals surface area (Å²) in [6.45, 7) is 9.35. The summed E-state index contributed by atoms with van der Waals surface area (Å²) in [7, 11) is 1.37. The molecule has 1 rings (SSSR count). The van der Waals surface area contributed by atoms with E-state index in [1.165, 1.54) is 14.0 Å². The van der Waals surface area contributed by atoms with Crippen LogP contribution in [0.3, 0.4) is 0 Å². The lowest BCUT2D eigenvalue weighted by molar-refractivity contribution is -0.131. The molecule has 0 unspecified atom stereocenters. The Morgan fingerprint density at radius 1 is 0.917 bits per heavy atom. The van der Waals surface area contributed by atoms with E-state index in [-0.39, 0.29) is 11.9 Å². The highest BCUT2D eigenvalue weighted by molar-refractivity contribution is 5.93. The lowest BCUT2D eigenvalue weighted by atomic mass is 9.95. The summed E-state index contributed by atoms with van der Waals surface area (Å²) in [6.07, 6.45) is 5.21. The fourth-order valence-electron chi connectivity index (χ4n) is 2.27. The molecule has 4 heteroatoms. The third-order valence-corrected chi connectivity index (χ3v) is 3.39. The van der Waals surface area contributed by atoms with Gasteiger partial charge in [0.2, 0.25) is 0 Å². The molecule has 0 aromatic heterocycles. The first kappa shape index (κ1) is 19.7. The summed E-state index contributed by atoms with van der Waals surface area (Å²) in [6, 6.07) is 3.47. The van der Waals surface area contributed by atoms with Crippen molar-refractivity contribution in [2.45, 2.75) is 47.5 Å². The summed E-state index contributed by atoms with van der Waals surface area (Å²) in [5, 5.41) is 0. The van der Waals surface area contributed by atoms with Gasteiger partial charge in [0.1, 0.15) is 5.75 Å². The van der Waals surface area contributed by atoms with Gasteiger partial charge >= 0.3 is 11.9 Å². The molecule has 0 bridgehead atoms. The third-order valence-electron chi connectivity index (χ3n) is 3.39. The van der Waals surface area contributed by atoms with Crippen molar-refractivity contribution >= 4 is 11.9 Å². The lowest BCUT2D eigenvalue weighted by Gasteiger charge is -2.14. The van der Waals surface area contributed by atoms with Crippen molar-refractivity contribution in [2.24, 2.45) is 0 Å². The summed E-state index contributed by atoms with van der Waals surface area (Å²) in [4.78, 5) is 23.6. The Kier molecular flexibility index (Phi) is 7.43. The van der Waals surface area contributed by atoms with E-state index in [0.29, 0.717) is 24.2 Å². The Bertz CT molecular complexity index is 632. The maximum absolute atomic E-state index is 12.3. The molecule has 0 N–H and O–H groups in total. The minimum absolute atomic E-state index is 0.376. The number of carbonyl (C=O) groups excluding carboxylic acids is 2. The van der Waals surface area contributed by atoms with Gasteiger partial charge in [-0.2, -0.15) is 0 Å². The van der Waals surface area contributed by atoms with Gasteiger partial charge in [-0.25, -0.2) is 4.79 Å². The molecule has 0 heterocycles. The first-order valence-electron chi connectivity index (χ1n) is 7.93. The van der Waals surface area contributed by atoms with Gasteiger partial charge in [0.25, 0.3) is 0 Å². The summed E-state index contributed by atoms with van der Waals surface area (Å²) >= 11 is 0. The molecule has 0 saturated carbocycles. The monoisotopic (exact) mass is 330 g/mol. The largest absolute Gasteiger partial charge is 0.465 e. The maximum atomic E-state index is 12.3. The second-order valence-corrected chi connectivity index (χ2v) is 6.17. The zero-order valence-electron chi connectivity index (χ0n) is 15.4. The summed E-state index contributed by atoms with van der Waals surface area (Å²) < 4.78 is 10.2. The molecule has 1 aromatic rings. The average molecular weight is 330 g/mol. The van der Waals surface area contributed by atoms with Gasteiger partial charge in [0.05, 0.1) is 12.7 Å². The van der Waals surface area contributed by atoms with Gasteiger partial charge < -0.3 is 9.47 Å². The van der Waals surface area contributed by atoms with Crippen molar-refractivity contribution in [3.63, 3.8) is 0 Å². The van der Waals surface area contributed by atoms with E-state index < -0.39 is 0 Å². The Hall–Kier alpha value is -2.36. The normalized spacial score (nSPS) is 9.92. The fraction of sp³-hybridized carbons (Fsp3) is 0.400. The number of carbonyl (C=O) groups is 2. The van der Waals surface area contributed by atoms with Crippen LogP contribution in [0.25, 0.3) is 0 Å². The number of ether oxygens (including phenoxy) is 2. The lowest BCUT2D eigenvalue weighted by Crippen LogP contribution is -2.11. The van der Waals surface area contributed by atoms with Gasteiger partial charge in [-0.1, -0.05) is 23.3 Å². The van der Waals surface area contributed by atoms with E-state index in [9.17, 15) is 9.59 Å². The highest BCUT2D eigenvalue weighted by atomic mass is 16.5. The minimum atomic E-state index is -0.387. The SMILES string of the molecule is COC(=O)c1c(CC=C(C)C)cc(OC(C)=O)cc1CC=C(C)C. The van der Waals surface area contributed by atoms with E-state index >= 15 is 0 Å². The summed E-state index contributed by atoms with van der Waals surface area (Å²) in [5.74, 6) is -0.315. The highest BCUT2D eigenvalue weighted by Gasteiger charge is 2.18. The van der Waals surface area contributed by atoms with Gasteiger partial charge in [0.15, 0.2) is 0 Å². The number of rotatable bonds is 6. The minimum Gasteiger partial charge on any atom is -0.465 e. The Morgan fingerprint density at radius 2 is 1.38 bits per heavy atom. The van der Waals surface area contributed by atoms with Crippen molar-refractivity contribution in [3.8, 4) is 5.75 Å². The average Bonchev–Trinajstić information content (AvgIpc) is 2.49. The number of hydrogen-bond acceptors (Lipinski definition) is 4. The van der Waals surface area contributed by atoms with Gasteiger partial charge in [0, 0.05) is 6.92 Å². The van der Waals surface area contributed by atoms with Crippen LogP contribution in [0.4, 0.5) is 0 Å². The van der Waals surface area contributed by atoms with Crippen molar-refractivity contribution in [2.75, 3.05) is 7.11 Å². The molecule has 0 saturated heterocycles. The molecular weight excluding hydrogens is 304 g/mol. The third kappa shape index (κ3) is 6.03. The zero-order chi connectivity index (χ0) is 18.3. The number of benzene rings is 1. The van der Waals surface area contributed by atoms with Gasteiger partial charge in [-0.15, -0.1) is 0 Å². The first-order valence-corrected chi connectivity index (χ1v) is 7.93. The van der Waals surface area contributed by atoms with Crippen molar-refractivity contribution in [1.82, 2.24) is 0 Å². The quantitative estimate of drug-likeness (QED) is 0.440. The van der Waals surface area contributed by atoms with Crippen LogP contribution in [0.2, 0.25) is 0 Å². The van der Waals surface area contributed by atoms with Gasteiger partial charge in [-0.3, -0.25) is 4.79 Å². The van der Waals surface area contributed by atoms with Crippen LogP contribution in [0.1, 0.15) is 56.1 Å². The predicted molar refractivity (Wildman–Crippen MR) is 95.4 cm³/mol. The number of allylic oxidation sites excluding steroid dienone is 4. The number of methoxy groups -OCH3 is 1. The van der Waals surface area contributed by atoms with Crippen molar-refractivity contribution in [3.05, 3.63) is 52.1 Å². The molecule has 24 heavy (non-hydrogen) atoms. The molecule has 1 aromatic carbocycles. The van der Waals surface area contributed by atoms with Crippen LogP contribution in [-0.4, -0.2) is 19.0 Å². The van der Waals surface area contributed by atoms with E-state index in [2.05, 4.69) is 0 Å². The van der Waals surface area contributed by atoms with Crippen LogP contribution in [0, 0.1) is 0 Å². The second-order valence-electron chi connectivity index (χ2n) is 6.17. The van der Waals surface area contributed by atoms with Crippen LogP contribution in [0.15, 0.2) is 35.4 Å². The highest BCUT2D eigenvalue weighted by Crippen LogP contribution is 2.26. The van der Waals surface area contributed by atoms with E-state index in [1.54, 1.807) is 12.1 Å². The molecule has 0 aliphatic heterocycles. The first-order chi connectivity index (χ1) is 11.2. The van der Waals surface area contributed by atoms with E-state index in [4.69, 9.17) is 9.47 Å². The molecule has 0 radical (unpaired) electrons. The molecule has 4 nitrogen and oxygen atoms in total. The maximum Gasteiger partial charge on any atom is 0.338 e. The molecule has 130 valence electrons. The Morgan fingerprint density at radius 3 is 1.71 bits per heavy atom. The molecule has 0 atom stereocenters. The second kappa shape index (κ2) is 9.06. The van der Waals surface area contributed by atoms with Crippen LogP contribution in [-0.2, 0) is 22.4 Å². The Labute approximate surface area is 144 Å². The molecular formula is C20H26O4. The van der Waals surface area contributed by atoms with Crippen molar-refractivity contribution in [1.29, 1.82) is 0 Å². The van der Waals surface area contributed by atoms with Crippen LogP contribution >= 0.6 is 0 Å². The molecule has 0 aliphatic rings. The van der Waals surface area contributed by atoms with Crippen molar-refractivity contribution < 1.29 is 19.1 Å². The number of esters is 2. The van der Waals surface area contributed by atoms with E-state index in [1.807, 2.05) is 39.8 Å². The molecule has 0 amide bonds. The fourth-order valence-corrected chi connectivity index (χ4v) is 2.27. The van der Waals surface area contributed by atoms with E-state index in [0.717, 1.165) is 22.3 Å². The standard InChI is InChI=1S/C20H26O4/c1-13(2)7-9-16-11-18(24-15(5)21)12-17(10-8-14(3)4)19(16)20(22)23-6/h7-8,11-12H,9-10H2,1-6H3. The number of hydrogen-bond donors (Lipinski definition) is 0. The molecule has 0 spiro atoms. The molecule has 0 aliphatic carbocycles. The van der Waals surface area contributed by atoms with Gasteiger partial charge in [-0.05, 0) is 63.8 Å². The summed E-state index contributed by atoms with van der Waals surface area (Å²) in [5.41, 5.74) is 4.42. The topological polar surface area (TPSA) is 52.6 Å². The van der Waals surface area contributed by atoms with Crippen LogP contribution < -0.4 is 4.74 Å². The zero-order valence-corrected chi connectivity index (χ0v) is 15.4. The Balaban J connectivity index is 3.50.